The van der Waals surface area contributed by atoms with Gasteiger partial charge in [-0.1, -0.05) is 37.3 Å². The monoisotopic (exact) mass is 280 g/mol. The number of rotatable bonds is 5. The first kappa shape index (κ1) is 14.2. The van der Waals surface area contributed by atoms with Crippen LogP contribution in [0.4, 0.5) is 5.69 Å². The molecular formula is C19H24N2. The molecule has 0 saturated heterocycles. The summed E-state index contributed by atoms with van der Waals surface area (Å²) in [6, 6.07) is 15.6. The normalized spacial score (nSPS) is 13.5. The summed E-state index contributed by atoms with van der Waals surface area (Å²) in [5.74, 6) is 0. The van der Waals surface area contributed by atoms with Gasteiger partial charge in [0.1, 0.15) is 0 Å². The largest absolute Gasteiger partial charge is 0.363 e. The Morgan fingerprint density at radius 3 is 2.38 bits per heavy atom. The van der Waals surface area contributed by atoms with Crippen molar-refractivity contribution >= 4 is 5.69 Å². The number of hydrogen-bond acceptors (Lipinski definition) is 2. The van der Waals surface area contributed by atoms with Crippen LogP contribution < -0.4 is 10.2 Å². The molecule has 0 atom stereocenters. The Morgan fingerprint density at radius 1 is 1.05 bits per heavy atom. The van der Waals surface area contributed by atoms with Gasteiger partial charge in [0.25, 0.3) is 0 Å². The lowest BCUT2D eigenvalue weighted by atomic mass is 10.1. The van der Waals surface area contributed by atoms with Crippen LogP contribution in [-0.4, -0.2) is 6.54 Å². The second-order valence-electron chi connectivity index (χ2n) is 5.91. The first-order valence-electron chi connectivity index (χ1n) is 7.90. The molecule has 2 aromatic rings. The zero-order chi connectivity index (χ0) is 14.7. The molecule has 2 nitrogen and oxygen atoms in total. The quantitative estimate of drug-likeness (QED) is 0.832. The third kappa shape index (κ3) is 3.11. The molecule has 0 radical (unpaired) electrons. The highest BCUT2D eigenvalue weighted by molar-refractivity contribution is 5.54. The Hall–Kier alpha value is -1.80. The van der Waals surface area contributed by atoms with Gasteiger partial charge in [-0.05, 0) is 54.3 Å². The van der Waals surface area contributed by atoms with Gasteiger partial charge in [0, 0.05) is 25.3 Å². The Kier molecular flexibility index (Phi) is 4.26. The van der Waals surface area contributed by atoms with Gasteiger partial charge in [0.2, 0.25) is 0 Å². The average molecular weight is 280 g/mol. The molecule has 0 saturated carbocycles. The second-order valence-corrected chi connectivity index (χ2v) is 5.91. The van der Waals surface area contributed by atoms with Crippen LogP contribution in [0.3, 0.4) is 0 Å². The van der Waals surface area contributed by atoms with E-state index in [0.29, 0.717) is 0 Å². The lowest BCUT2D eigenvalue weighted by Gasteiger charge is -2.19. The van der Waals surface area contributed by atoms with E-state index in [2.05, 4.69) is 66.5 Å². The van der Waals surface area contributed by atoms with Crippen molar-refractivity contribution in [1.82, 2.24) is 5.32 Å². The summed E-state index contributed by atoms with van der Waals surface area (Å²) in [6.45, 7) is 8.54. The maximum Gasteiger partial charge on any atom is 0.0436 e. The summed E-state index contributed by atoms with van der Waals surface area (Å²) in [4.78, 5) is 2.46. The number of hydrogen-bond donors (Lipinski definition) is 1. The minimum Gasteiger partial charge on any atom is -0.363 e. The molecule has 110 valence electrons. The molecule has 1 aliphatic rings. The standard InChI is InChI=1S/C19H24N2/c1-3-10-20-12-16-8-9-19(11-15(16)2)21-13-17-6-4-5-7-18(17)14-21/h4-9,11,20H,3,10,12-14H2,1-2H3. The Morgan fingerprint density at radius 2 is 1.76 bits per heavy atom. The lowest BCUT2D eigenvalue weighted by Crippen LogP contribution is -2.16. The summed E-state index contributed by atoms with van der Waals surface area (Å²) >= 11 is 0. The van der Waals surface area contributed by atoms with E-state index in [1.165, 1.54) is 34.4 Å². The fraction of sp³-hybridized carbons (Fsp3) is 0.368. The third-order valence-corrected chi connectivity index (χ3v) is 4.27. The van der Waals surface area contributed by atoms with Gasteiger partial charge < -0.3 is 10.2 Å². The molecule has 0 unspecified atom stereocenters. The Balaban J connectivity index is 1.72. The molecule has 2 heteroatoms. The van der Waals surface area contributed by atoms with Crippen LogP contribution in [0.15, 0.2) is 42.5 Å². The fourth-order valence-electron chi connectivity index (χ4n) is 2.99. The molecule has 21 heavy (non-hydrogen) atoms. The highest BCUT2D eigenvalue weighted by atomic mass is 15.1. The van der Waals surface area contributed by atoms with E-state index in [4.69, 9.17) is 0 Å². The zero-order valence-electron chi connectivity index (χ0n) is 13.0. The number of fused-ring (bicyclic) bond motifs is 1. The molecule has 1 heterocycles. The molecule has 0 bridgehead atoms. The van der Waals surface area contributed by atoms with Gasteiger partial charge in [0.05, 0.1) is 0 Å². The van der Waals surface area contributed by atoms with Crippen molar-refractivity contribution in [2.24, 2.45) is 0 Å². The number of nitrogens with one attached hydrogen (secondary N) is 1. The van der Waals surface area contributed by atoms with Crippen LogP contribution in [-0.2, 0) is 19.6 Å². The highest BCUT2D eigenvalue weighted by Crippen LogP contribution is 2.29. The minimum absolute atomic E-state index is 0.972. The van der Waals surface area contributed by atoms with Crippen molar-refractivity contribution in [3.8, 4) is 0 Å². The summed E-state index contributed by atoms with van der Waals surface area (Å²) < 4.78 is 0. The number of anilines is 1. The third-order valence-electron chi connectivity index (χ3n) is 4.27. The van der Waals surface area contributed by atoms with Crippen LogP contribution in [0.5, 0.6) is 0 Å². The van der Waals surface area contributed by atoms with Crippen molar-refractivity contribution in [3.63, 3.8) is 0 Å². The van der Waals surface area contributed by atoms with Gasteiger partial charge in [-0.15, -0.1) is 0 Å². The Labute approximate surface area is 127 Å². The summed E-state index contributed by atoms with van der Waals surface area (Å²) in [5, 5.41) is 3.48. The smallest absolute Gasteiger partial charge is 0.0436 e. The van der Waals surface area contributed by atoms with Gasteiger partial charge in [-0.25, -0.2) is 0 Å². The van der Waals surface area contributed by atoms with Crippen LogP contribution in [0.1, 0.15) is 35.6 Å². The van der Waals surface area contributed by atoms with E-state index in [-0.39, 0.29) is 0 Å². The molecule has 3 rings (SSSR count). The van der Waals surface area contributed by atoms with E-state index in [9.17, 15) is 0 Å². The molecule has 0 aromatic heterocycles. The topological polar surface area (TPSA) is 15.3 Å². The molecular weight excluding hydrogens is 256 g/mol. The SMILES string of the molecule is CCCNCc1ccc(N2Cc3ccccc3C2)cc1C. The highest BCUT2D eigenvalue weighted by Gasteiger charge is 2.18. The number of aryl methyl sites for hydroxylation is 1. The molecule has 0 spiro atoms. The van der Waals surface area contributed by atoms with Crippen LogP contribution >= 0.6 is 0 Å². The predicted molar refractivity (Wildman–Crippen MR) is 89.5 cm³/mol. The van der Waals surface area contributed by atoms with Gasteiger partial charge in [-0.3, -0.25) is 0 Å². The van der Waals surface area contributed by atoms with E-state index < -0.39 is 0 Å². The van der Waals surface area contributed by atoms with E-state index in [0.717, 1.165) is 26.2 Å². The van der Waals surface area contributed by atoms with E-state index in [1.807, 2.05) is 0 Å². The van der Waals surface area contributed by atoms with Crippen LogP contribution in [0, 0.1) is 6.92 Å². The lowest BCUT2D eigenvalue weighted by molar-refractivity contribution is 0.673. The molecule has 0 amide bonds. The molecule has 1 aliphatic heterocycles. The molecule has 2 aromatic carbocycles. The number of benzene rings is 2. The van der Waals surface area contributed by atoms with Gasteiger partial charge in [0.15, 0.2) is 0 Å². The maximum absolute atomic E-state index is 3.48. The van der Waals surface area contributed by atoms with Gasteiger partial charge in [-0.2, -0.15) is 0 Å². The summed E-state index contributed by atoms with van der Waals surface area (Å²) in [7, 11) is 0. The average Bonchev–Trinajstić information content (AvgIpc) is 2.93. The van der Waals surface area contributed by atoms with Crippen molar-refractivity contribution in [2.45, 2.75) is 39.9 Å². The maximum atomic E-state index is 3.48. The zero-order valence-corrected chi connectivity index (χ0v) is 13.0. The molecule has 0 aliphatic carbocycles. The van der Waals surface area contributed by atoms with E-state index >= 15 is 0 Å². The van der Waals surface area contributed by atoms with Crippen molar-refractivity contribution in [3.05, 3.63) is 64.7 Å². The van der Waals surface area contributed by atoms with Crippen LogP contribution in [0.2, 0.25) is 0 Å². The van der Waals surface area contributed by atoms with Crippen molar-refractivity contribution in [2.75, 3.05) is 11.4 Å². The first-order valence-corrected chi connectivity index (χ1v) is 7.90. The van der Waals surface area contributed by atoms with E-state index in [1.54, 1.807) is 0 Å². The minimum atomic E-state index is 0.972. The predicted octanol–water partition coefficient (Wildman–Crippen LogP) is 4.01. The molecule has 0 fully saturated rings. The number of nitrogens with zero attached hydrogens (tertiary/aromatic N) is 1. The van der Waals surface area contributed by atoms with Crippen molar-refractivity contribution < 1.29 is 0 Å². The Bertz CT molecular complexity index is 594. The summed E-state index contributed by atoms with van der Waals surface area (Å²) in [6.07, 6.45) is 1.18. The first-order chi connectivity index (χ1) is 10.3. The van der Waals surface area contributed by atoms with Gasteiger partial charge >= 0.3 is 0 Å². The fourth-order valence-corrected chi connectivity index (χ4v) is 2.99. The second kappa shape index (κ2) is 6.31. The molecule has 1 N–H and O–H groups in total. The van der Waals surface area contributed by atoms with Crippen LogP contribution in [0.25, 0.3) is 0 Å². The van der Waals surface area contributed by atoms with Crippen molar-refractivity contribution in [1.29, 1.82) is 0 Å². The summed E-state index contributed by atoms with van der Waals surface area (Å²) in [5.41, 5.74) is 7.05.